The van der Waals surface area contributed by atoms with Crippen LogP contribution in [-0.4, -0.2) is 40.8 Å². The summed E-state index contributed by atoms with van der Waals surface area (Å²) in [7, 11) is 0. The topological polar surface area (TPSA) is 71.1 Å². The third-order valence-electron chi connectivity index (χ3n) is 7.11. The summed E-state index contributed by atoms with van der Waals surface area (Å²) >= 11 is 1.46. The molecular weight excluding hydrogens is 537 g/mol. The highest BCUT2D eigenvalue weighted by Gasteiger charge is 2.31. The van der Waals surface area contributed by atoms with Crippen molar-refractivity contribution in [2.45, 2.75) is 26.2 Å². The Morgan fingerprint density at radius 3 is 2.45 bits per heavy atom. The number of hydrogen-bond donors (Lipinski definition) is 1. The first-order valence-corrected chi connectivity index (χ1v) is 14.0. The van der Waals surface area contributed by atoms with Crippen LogP contribution in [0.15, 0.2) is 53.9 Å². The summed E-state index contributed by atoms with van der Waals surface area (Å²) in [4.78, 5) is 21.1. The first-order chi connectivity index (χ1) is 19.5. The zero-order chi connectivity index (χ0) is 27.8. The van der Waals surface area contributed by atoms with E-state index in [4.69, 9.17) is 4.74 Å². The molecule has 6 nitrogen and oxygen atoms in total. The van der Waals surface area contributed by atoms with Gasteiger partial charge in [-0.15, -0.1) is 11.3 Å². The summed E-state index contributed by atoms with van der Waals surface area (Å²) < 4.78 is 50.0. The zero-order valence-electron chi connectivity index (χ0n) is 21.6. The van der Waals surface area contributed by atoms with Crippen molar-refractivity contribution in [3.63, 3.8) is 0 Å². The zero-order valence-corrected chi connectivity index (χ0v) is 22.5. The number of nitrogens with one attached hydrogen (secondary N) is 1. The van der Waals surface area contributed by atoms with Gasteiger partial charge >= 0.3 is 5.97 Å². The van der Waals surface area contributed by atoms with E-state index in [9.17, 15) is 9.18 Å². The van der Waals surface area contributed by atoms with Gasteiger partial charge in [-0.1, -0.05) is 18.2 Å². The molecule has 0 radical (unpaired) electrons. The molecule has 1 saturated heterocycles. The lowest BCUT2D eigenvalue weighted by atomic mass is 9.91. The third-order valence-corrected chi connectivity index (χ3v) is 7.99. The van der Waals surface area contributed by atoms with Crippen LogP contribution in [0.5, 0.6) is 0 Å². The smallest absolute Gasteiger partial charge is 0.341 e. The van der Waals surface area contributed by atoms with Gasteiger partial charge in [-0.2, -0.15) is 5.10 Å². The number of fused-ring (bicyclic) bond motifs is 1. The van der Waals surface area contributed by atoms with Crippen molar-refractivity contribution in [2.24, 2.45) is 0 Å². The van der Waals surface area contributed by atoms with E-state index in [0.717, 1.165) is 42.6 Å². The van der Waals surface area contributed by atoms with Gasteiger partial charge in [0.25, 0.3) is 0 Å². The molecule has 6 rings (SSSR count). The summed E-state index contributed by atoms with van der Waals surface area (Å²) in [5.74, 6) is -4.60. The molecule has 0 aliphatic carbocycles. The van der Waals surface area contributed by atoms with Gasteiger partial charge in [0.1, 0.15) is 5.82 Å². The molecule has 3 aromatic heterocycles. The molecule has 204 valence electrons. The maximum atomic E-state index is 15.2. The molecule has 10 heteroatoms. The Morgan fingerprint density at radius 2 is 1.75 bits per heavy atom. The number of piperidine rings is 1. The molecule has 1 aliphatic heterocycles. The molecule has 0 bridgehead atoms. The molecule has 2 aromatic carbocycles. The number of carbonyl (C=O) groups excluding carboxylic acids is 1. The van der Waals surface area contributed by atoms with Crippen molar-refractivity contribution in [1.82, 2.24) is 15.2 Å². The molecule has 40 heavy (non-hydrogen) atoms. The van der Waals surface area contributed by atoms with Crippen molar-refractivity contribution in [3.05, 3.63) is 76.9 Å². The Morgan fingerprint density at radius 1 is 1.00 bits per heavy atom. The second-order valence-electron chi connectivity index (χ2n) is 9.52. The van der Waals surface area contributed by atoms with Crippen molar-refractivity contribution in [1.29, 1.82) is 0 Å². The average Bonchev–Trinajstić information content (AvgIpc) is 3.65. The number of nitrogens with zero attached hydrogens (tertiary/aromatic N) is 3. The number of rotatable bonds is 6. The summed E-state index contributed by atoms with van der Waals surface area (Å²) in [5.41, 5.74) is 1.44. The highest BCUT2D eigenvalue weighted by Crippen LogP contribution is 2.43. The molecule has 0 saturated carbocycles. The van der Waals surface area contributed by atoms with E-state index in [1.54, 1.807) is 6.92 Å². The number of carbonyl (C=O) groups is 1. The first-order valence-electron chi connectivity index (χ1n) is 13.1. The van der Waals surface area contributed by atoms with Crippen LogP contribution in [0.25, 0.3) is 44.0 Å². The number of aromatic nitrogens is 3. The molecule has 5 aromatic rings. The Labute approximate surface area is 232 Å². The van der Waals surface area contributed by atoms with E-state index in [2.05, 4.69) is 20.1 Å². The molecule has 1 N–H and O–H groups in total. The lowest BCUT2D eigenvalue weighted by Gasteiger charge is -2.29. The quantitative estimate of drug-likeness (QED) is 0.170. The van der Waals surface area contributed by atoms with Crippen LogP contribution < -0.4 is 4.90 Å². The lowest BCUT2D eigenvalue weighted by Crippen LogP contribution is -2.29. The van der Waals surface area contributed by atoms with E-state index in [-0.39, 0.29) is 23.5 Å². The van der Waals surface area contributed by atoms with Gasteiger partial charge in [0.05, 0.1) is 39.4 Å². The standard InChI is InChI=1S/C30H25F3N4O2S/c1-2-39-30(38)25-22(17-8-10-18(11-9-17)37-14-4-3-5-15-37)24-27(21-7-6-16-40-21)35-36-29(24)34-28(25)23-19(31)12-13-20(32)26(23)33/h6-13,16H,2-5,14-15H2,1H3,(H,34,35,36). The Hall–Kier alpha value is -4.18. The van der Waals surface area contributed by atoms with Gasteiger partial charge < -0.3 is 9.64 Å². The van der Waals surface area contributed by atoms with Crippen LogP contribution in [0, 0.1) is 17.5 Å². The van der Waals surface area contributed by atoms with E-state index in [1.807, 2.05) is 41.8 Å². The molecule has 4 heterocycles. The number of ether oxygens (including phenoxy) is 1. The van der Waals surface area contributed by atoms with E-state index in [0.29, 0.717) is 28.3 Å². The number of esters is 1. The Bertz CT molecular complexity index is 1700. The predicted octanol–water partition coefficient (Wildman–Crippen LogP) is 7.60. The second kappa shape index (κ2) is 10.8. The number of halogens is 3. The van der Waals surface area contributed by atoms with Crippen molar-refractivity contribution in [2.75, 3.05) is 24.6 Å². The number of aromatic amines is 1. The van der Waals surface area contributed by atoms with Gasteiger partial charge in [0.15, 0.2) is 17.3 Å². The highest BCUT2D eigenvalue weighted by molar-refractivity contribution is 7.13. The van der Waals surface area contributed by atoms with E-state index in [1.165, 1.54) is 17.8 Å². The normalized spacial score (nSPS) is 13.7. The fourth-order valence-corrected chi connectivity index (χ4v) is 5.99. The number of pyridine rings is 1. The van der Waals surface area contributed by atoms with Crippen LogP contribution >= 0.6 is 11.3 Å². The maximum Gasteiger partial charge on any atom is 0.341 e. The van der Waals surface area contributed by atoms with Gasteiger partial charge in [-0.05, 0) is 67.5 Å². The predicted molar refractivity (Wildman–Crippen MR) is 150 cm³/mol. The van der Waals surface area contributed by atoms with Gasteiger partial charge in [-0.25, -0.2) is 22.9 Å². The minimum Gasteiger partial charge on any atom is -0.462 e. The number of thiophene rings is 1. The van der Waals surface area contributed by atoms with Crippen LogP contribution in [0.2, 0.25) is 0 Å². The largest absolute Gasteiger partial charge is 0.462 e. The van der Waals surface area contributed by atoms with Crippen LogP contribution in [0.3, 0.4) is 0 Å². The van der Waals surface area contributed by atoms with Crippen molar-refractivity contribution >= 4 is 34.0 Å². The summed E-state index contributed by atoms with van der Waals surface area (Å²) in [6.45, 7) is 3.56. The van der Waals surface area contributed by atoms with Gasteiger partial charge in [0.2, 0.25) is 0 Å². The fraction of sp³-hybridized carbons (Fsp3) is 0.233. The Kier molecular flexibility index (Phi) is 7.02. The summed E-state index contributed by atoms with van der Waals surface area (Å²) in [5, 5.41) is 9.72. The number of H-pyrrole nitrogens is 1. The van der Waals surface area contributed by atoms with E-state index < -0.39 is 29.0 Å². The number of benzene rings is 2. The minimum absolute atomic E-state index is 0.0148. The van der Waals surface area contributed by atoms with Crippen molar-refractivity contribution in [3.8, 4) is 33.0 Å². The molecular formula is C30H25F3N4O2S. The molecule has 0 amide bonds. The van der Waals surface area contributed by atoms with Crippen molar-refractivity contribution < 1.29 is 22.7 Å². The Balaban J connectivity index is 1.68. The highest BCUT2D eigenvalue weighted by atomic mass is 32.1. The van der Waals surface area contributed by atoms with Gasteiger partial charge in [-0.3, -0.25) is 5.10 Å². The monoisotopic (exact) mass is 562 g/mol. The molecule has 0 atom stereocenters. The van der Waals surface area contributed by atoms with Crippen LogP contribution in [0.1, 0.15) is 36.5 Å². The molecule has 1 fully saturated rings. The van der Waals surface area contributed by atoms with Crippen LogP contribution in [-0.2, 0) is 4.74 Å². The lowest BCUT2D eigenvalue weighted by molar-refractivity contribution is 0.0528. The summed E-state index contributed by atoms with van der Waals surface area (Å²) in [6.07, 6.45) is 3.44. The van der Waals surface area contributed by atoms with Gasteiger partial charge in [0, 0.05) is 24.3 Å². The SMILES string of the molecule is CCOC(=O)c1c(-c2c(F)ccc(F)c2F)nc2n[nH]c(-c3cccs3)c2c1-c1ccc(N2CCCCC2)cc1. The minimum atomic E-state index is -1.45. The fourth-order valence-electron chi connectivity index (χ4n) is 5.26. The molecule has 0 spiro atoms. The van der Waals surface area contributed by atoms with E-state index >= 15 is 8.78 Å². The number of anilines is 1. The number of hydrogen-bond acceptors (Lipinski definition) is 6. The average molecular weight is 563 g/mol. The second-order valence-corrected chi connectivity index (χ2v) is 10.5. The van der Waals surface area contributed by atoms with Crippen LogP contribution in [0.4, 0.5) is 18.9 Å². The first kappa shape index (κ1) is 26.1. The third kappa shape index (κ3) is 4.52. The molecule has 0 unspecified atom stereocenters. The summed E-state index contributed by atoms with van der Waals surface area (Å²) in [6, 6.07) is 13.0. The molecule has 1 aliphatic rings. The maximum absolute atomic E-state index is 15.2.